The predicted octanol–water partition coefficient (Wildman–Crippen LogP) is 5.11. The number of amides is 3. The fraction of sp³-hybridized carbons (Fsp3) is 0.414. The van der Waals surface area contributed by atoms with E-state index in [9.17, 15) is 14.4 Å². The maximum Gasteiger partial charge on any atom is 0.408 e. The molecule has 0 fully saturated rings. The van der Waals surface area contributed by atoms with Crippen molar-refractivity contribution in [2.24, 2.45) is 0 Å². The Bertz CT molecular complexity index is 1160. The van der Waals surface area contributed by atoms with Crippen LogP contribution in [-0.4, -0.2) is 45.7 Å². The van der Waals surface area contributed by atoms with E-state index in [2.05, 4.69) is 29.2 Å². The molecule has 0 aliphatic rings. The van der Waals surface area contributed by atoms with Gasteiger partial charge in [0.25, 0.3) is 5.91 Å². The molecule has 2 aromatic carbocycles. The van der Waals surface area contributed by atoms with Gasteiger partial charge in [-0.15, -0.1) is 6.42 Å². The molecule has 0 heterocycles. The number of hydrogen-bond donors (Lipinski definition) is 3. The van der Waals surface area contributed by atoms with Gasteiger partial charge in [-0.3, -0.25) is 9.59 Å². The SMILES string of the molecule is C#Cc1ccc(C(C(=O)Nc2ccccc2C)N(C(=O)C(CS)NC(=O)OC(C)(C)C)C(C)(C)C)cc1. The van der Waals surface area contributed by atoms with Gasteiger partial charge in [-0.05, 0) is 77.8 Å². The topological polar surface area (TPSA) is 87.7 Å². The van der Waals surface area contributed by atoms with Crippen molar-refractivity contribution in [2.75, 3.05) is 11.1 Å². The highest BCUT2D eigenvalue weighted by atomic mass is 32.1. The first-order valence-electron chi connectivity index (χ1n) is 12.0. The molecule has 8 heteroatoms. The van der Waals surface area contributed by atoms with Gasteiger partial charge < -0.3 is 20.3 Å². The van der Waals surface area contributed by atoms with Crippen molar-refractivity contribution in [3.63, 3.8) is 0 Å². The Labute approximate surface area is 225 Å². The van der Waals surface area contributed by atoms with E-state index < -0.39 is 41.1 Å². The number of benzene rings is 2. The third-order valence-corrected chi connectivity index (χ3v) is 5.80. The molecule has 3 amide bonds. The van der Waals surface area contributed by atoms with Crippen LogP contribution in [0.15, 0.2) is 48.5 Å². The predicted molar refractivity (Wildman–Crippen MR) is 151 cm³/mol. The Morgan fingerprint density at radius 3 is 2.11 bits per heavy atom. The number of aryl methyl sites for hydroxylation is 1. The van der Waals surface area contributed by atoms with Crippen molar-refractivity contribution in [2.45, 2.75) is 71.7 Å². The van der Waals surface area contributed by atoms with Crippen LogP contribution in [0.5, 0.6) is 0 Å². The van der Waals surface area contributed by atoms with Crippen LogP contribution in [0, 0.1) is 19.3 Å². The molecule has 0 aromatic heterocycles. The zero-order chi connectivity index (χ0) is 28.0. The number of carbonyl (C=O) groups excluding carboxylic acids is 3. The summed E-state index contributed by atoms with van der Waals surface area (Å²) in [7, 11) is 0. The van der Waals surface area contributed by atoms with Crippen LogP contribution in [0.2, 0.25) is 0 Å². The quantitative estimate of drug-likeness (QED) is 0.348. The van der Waals surface area contributed by atoms with E-state index in [1.54, 1.807) is 51.1 Å². The van der Waals surface area contributed by atoms with Gasteiger partial charge in [0.05, 0.1) is 0 Å². The first kappa shape index (κ1) is 29.8. The van der Waals surface area contributed by atoms with Gasteiger partial charge in [-0.25, -0.2) is 4.79 Å². The fourth-order valence-electron chi connectivity index (χ4n) is 3.74. The molecule has 2 rings (SSSR count). The summed E-state index contributed by atoms with van der Waals surface area (Å²) in [5, 5.41) is 5.58. The third-order valence-electron chi connectivity index (χ3n) is 5.43. The standard InChI is InChI=1S/C29H37N3O4S/c1-9-20-14-16-21(17-15-20)24(25(33)30-22-13-11-10-12-19(22)2)32(28(3,4)5)26(34)23(18-37)31-27(35)36-29(6,7)8/h1,10-17,23-24,37H,18H2,2-8H3,(H,30,33)(H,31,35). The molecule has 0 saturated heterocycles. The van der Waals surface area contributed by atoms with E-state index in [4.69, 9.17) is 11.2 Å². The molecular weight excluding hydrogens is 486 g/mol. The molecule has 0 bridgehead atoms. The lowest BCUT2D eigenvalue weighted by Gasteiger charge is -2.43. The van der Waals surface area contributed by atoms with Gasteiger partial charge in [-0.2, -0.15) is 12.6 Å². The van der Waals surface area contributed by atoms with Gasteiger partial charge in [0.1, 0.15) is 17.7 Å². The fourth-order valence-corrected chi connectivity index (χ4v) is 3.99. The van der Waals surface area contributed by atoms with Crippen molar-refractivity contribution in [1.29, 1.82) is 0 Å². The van der Waals surface area contributed by atoms with E-state index in [0.717, 1.165) is 5.56 Å². The van der Waals surface area contributed by atoms with Crippen LogP contribution in [0.25, 0.3) is 0 Å². The normalized spacial score (nSPS) is 13.1. The number of alkyl carbamates (subject to hydrolysis) is 1. The van der Waals surface area contributed by atoms with E-state index in [1.807, 2.05) is 45.9 Å². The van der Waals surface area contributed by atoms with E-state index in [1.165, 1.54) is 4.90 Å². The molecule has 0 aliphatic carbocycles. The van der Waals surface area contributed by atoms with Crippen LogP contribution >= 0.6 is 12.6 Å². The summed E-state index contributed by atoms with van der Waals surface area (Å²) < 4.78 is 5.34. The lowest BCUT2D eigenvalue weighted by molar-refractivity contribution is -0.146. The van der Waals surface area contributed by atoms with Crippen molar-refractivity contribution in [3.05, 3.63) is 65.2 Å². The van der Waals surface area contributed by atoms with Crippen LogP contribution in [0.1, 0.15) is 64.3 Å². The van der Waals surface area contributed by atoms with Crippen LogP contribution < -0.4 is 10.6 Å². The average Bonchev–Trinajstić information content (AvgIpc) is 2.80. The molecule has 0 radical (unpaired) electrons. The maximum atomic E-state index is 14.0. The van der Waals surface area contributed by atoms with Crippen LogP contribution in [-0.2, 0) is 14.3 Å². The Morgan fingerprint density at radius 2 is 1.62 bits per heavy atom. The average molecular weight is 524 g/mol. The second kappa shape index (κ2) is 12.2. The molecule has 0 aliphatic heterocycles. The lowest BCUT2D eigenvalue weighted by Crippen LogP contribution is -2.58. The number of hydrogen-bond acceptors (Lipinski definition) is 5. The molecule has 198 valence electrons. The van der Waals surface area contributed by atoms with Gasteiger partial charge in [0.15, 0.2) is 0 Å². The van der Waals surface area contributed by atoms with Crippen molar-refractivity contribution < 1.29 is 19.1 Å². The van der Waals surface area contributed by atoms with E-state index in [-0.39, 0.29) is 5.75 Å². The van der Waals surface area contributed by atoms with Crippen molar-refractivity contribution >= 4 is 36.2 Å². The zero-order valence-corrected chi connectivity index (χ0v) is 23.5. The Hall–Kier alpha value is -3.44. The number of anilines is 1. The third kappa shape index (κ3) is 8.29. The van der Waals surface area contributed by atoms with E-state index in [0.29, 0.717) is 16.8 Å². The first-order chi connectivity index (χ1) is 17.2. The maximum absolute atomic E-state index is 14.0. The summed E-state index contributed by atoms with van der Waals surface area (Å²) >= 11 is 4.32. The largest absolute Gasteiger partial charge is 0.444 e. The number of nitrogens with zero attached hydrogens (tertiary/aromatic N) is 1. The smallest absolute Gasteiger partial charge is 0.408 e. The Balaban J connectivity index is 2.56. The monoisotopic (exact) mass is 523 g/mol. The van der Waals surface area contributed by atoms with Crippen molar-refractivity contribution in [3.8, 4) is 12.3 Å². The van der Waals surface area contributed by atoms with Gasteiger partial charge in [0.2, 0.25) is 5.91 Å². The Kier molecular flexibility index (Phi) is 9.82. The molecule has 37 heavy (non-hydrogen) atoms. The summed E-state index contributed by atoms with van der Waals surface area (Å²) in [6, 6.07) is 12.3. The molecular formula is C29H37N3O4S. The summed E-state index contributed by atoms with van der Waals surface area (Å²) in [4.78, 5) is 41.8. The molecule has 2 N–H and O–H groups in total. The highest BCUT2D eigenvalue weighted by Gasteiger charge is 2.41. The Morgan fingerprint density at radius 1 is 1.03 bits per heavy atom. The summed E-state index contributed by atoms with van der Waals surface area (Å²) in [5.74, 6) is 1.70. The minimum atomic E-state index is -1.03. The second-order valence-electron chi connectivity index (χ2n) is 10.7. The van der Waals surface area contributed by atoms with Gasteiger partial charge >= 0.3 is 6.09 Å². The minimum absolute atomic E-state index is 0.00677. The summed E-state index contributed by atoms with van der Waals surface area (Å²) in [5.41, 5.74) is 1.18. The summed E-state index contributed by atoms with van der Waals surface area (Å²) in [6.07, 6.45) is 4.78. The van der Waals surface area contributed by atoms with Crippen LogP contribution in [0.3, 0.4) is 0 Å². The number of terminal acetylenes is 1. The molecule has 2 aromatic rings. The van der Waals surface area contributed by atoms with Gasteiger partial charge in [0, 0.05) is 22.5 Å². The highest BCUT2D eigenvalue weighted by Crippen LogP contribution is 2.31. The molecule has 0 spiro atoms. The molecule has 2 atom stereocenters. The minimum Gasteiger partial charge on any atom is -0.444 e. The zero-order valence-electron chi connectivity index (χ0n) is 22.6. The number of para-hydroxylation sites is 1. The highest BCUT2D eigenvalue weighted by molar-refractivity contribution is 7.80. The molecule has 0 saturated carbocycles. The van der Waals surface area contributed by atoms with E-state index >= 15 is 0 Å². The first-order valence-corrected chi connectivity index (χ1v) is 12.7. The molecule has 7 nitrogen and oxygen atoms in total. The van der Waals surface area contributed by atoms with Crippen LogP contribution in [0.4, 0.5) is 10.5 Å². The van der Waals surface area contributed by atoms with Gasteiger partial charge in [-0.1, -0.05) is 36.3 Å². The number of ether oxygens (including phenoxy) is 1. The number of nitrogens with one attached hydrogen (secondary N) is 2. The number of carbonyl (C=O) groups is 3. The summed E-state index contributed by atoms with van der Waals surface area (Å²) in [6.45, 7) is 12.6. The van der Waals surface area contributed by atoms with Crippen molar-refractivity contribution in [1.82, 2.24) is 10.2 Å². The molecule has 2 unspecified atom stereocenters. The second-order valence-corrected chi connectivity index (χ2v) is 11.1. The number of rotatable bonds is 7. The number of thiol groups is 1. The lowest BCUT2D eigenvalue weighted by atomic mass is 9.95.